The van der Waals surface area contributed by atoms with Gasteiger partial charge in [0, 0.05) is 18.5 Å². The van der Waals surface area contributed by atoms with Crippen LogP contribution in [0.15, 0.2) is 66.9 Å². The van der Waals surface area contributed by atoms with E-state index in [0.717, 1.165) is 60.0 Å². The summed E-state index contributed by atoms with van der Waals surface area (Å²) >= 11 is 5.17. The lowest BCUT2D eigenvalue weighted by atomic mass is 10.0. The fourth-order valence-electron chi connectivity index (χ4n) is 5.27. The number of anilines is 1. The van der Waals surface area contributed by atoms with Crippen LogP contribution >= 0.6 is 0 Å². The fraction of sp³-hybridized carbons (Fsp3) is 0.452. The van der Waals surface area contributed by atoms with Gasteiger partial charge in [0.05, 0.1) is 49.6 Å². The molecule has 2 aromatic carbocycles. The molecule has 0 spiro atoms. The first-order valence-electron chi connectivity index (χ1n) is 14.5. The average Bonchev–Trinajstić information content (AvgIpc) is 2.98. The van der Waals surface area contributed by atoms with Gasteiger partial charge in [-0.15, -0.1) is 0 Å². The lowest BCUT2D eigenvalue weighted by Gasteiger charge is -2.39. The van der Waals surface area contributed by atoms with E-state index in [2.05, 4.69) is 15.6 Å². The summed E-state index contributed by atoms with van der Waals surface area (Å²) in [5.74, 6) is 0.0545. The Morgan fingerprint density at radius 2 is 1.56 bits per heavy atom. The summed E-state index contributed by atoms with van der Waals surface area (Å²) in [5, 5.41) is 6.78. The highest BCUT2D eigenvalue weighted by atomic mass is 32.1. The van der Waals surface area contributed by atoms with Crippen LogP contribution in [0.2, 0.25) is 0 Å². The Morgan fingerprint density at radius 3 is 2.27 bits per heavy atom. The number of nitrogens with two attached hydrogens (primary N) is 3. The molecular formula is C31H45N7O2S. The second-order valence-corrected chi connectivity index (χ2v) is 11.0. The molecule has 0 unspecified atom stereocenters. The molecule has 10 heteroatoms. The number of aryl methyl sites for hydroxylation is 1. The topological polar surface area (TPSA) is 149 Å². The van der Waals surface area contributed by atoms with E-state index in [1.807, 2.05) is 60.7 Å². The van der Waals surface area contributed by atoms with Crippen molar-refractivity contribution in [3.8, 4) is 0 Å². The van der Waals surface area contributed by atoms with E-state index in [1.54, 1.807) is 6.20 Å². The van der Waals surface area contributed by atoms with Crippen LogP contribution in [0.5, 0.6) is 0 Å². The Bertz CT molecular complexity index is 1220. The molecule has 9 nitrogen and oxygen atoms in total. The highest BCUT2D eigenvalue weighted by Crippen LogP contribution is 2.17. The lowest BCUT2D eigenvalue weighted by Crippen LogP contribution is -2.55. The van der Waals surface area contributed by atoms with Crippen molar-refractivity contribution < 1.29 is 14.1 Å². The molecule has 0 fully saturated rings. The van der Waals surface area contributed by atoms with Crippen molar-refractivity contribution in [2.24, 2.45) is 17.2 Å². The van der Waals surface area contributed by atoms with Gasteiger partial charge in [0.2, 0.25) is 11.8 Å². The van der Waals surface area contributed by atoms with Crippen molar-refractivity contribution in [1.82, 2.24) is 10.3 Å². The molecule has 0 aliphatic carbocycles. The van der Waals surface area contributed by atoms with Crippen LogP contribution in [0, 0.1) is 0 Å². The molecule has 0 saturated heterocycles. The highest BCUT2D eigenvalue weighted by molar-refractivity contribution is 7.58. The number of hydrogen-bond donors (Lipinski definition) is 5. The Kier molecular flexibility index (Phi) is 13.5. The van der Waals surface area contributed by atoms with Crippen LogP contribution in [-0.4, -0.2) is 78.4 Å². The summed E-state index contributed by atoms with van der Waals surface area (Å²) < 4.78 is 0.792. The van der Waals surface area contributed by atoms with Gasteiger partial charge in [-0.25, -0.2) is 0 Å². The predicted molar refractivity (Wildman–Crippen MR) is 169 cm³/mol. The molecule has 2 amide bonds. The van der Waals surface area contributed by atoms with E-state index in [1.165, 1.54) is 0 Å². The third-order valence-corrected chi connectivity index (χ3v) is 7.81. The van der Waals surface area contributed by atoms with E-state index in [9.17, 15) is 9.59 Å². The van der Waals surface area contributed by atoms with Gasteiger partial charge in [-0.05, 0) is 49.8 Å². The van der Waals surface area contributed by atoms with Gasteiger partial charge < -0.3 is 44.9 Å². The number of amides is 2. The minimum atomic E-state index is -0.753. The first kappa shape index (κ1) is 32.5. The molecule has 0 saturated carbocycles. The molecule has 0 radical (unpaired) electrons. The zero-order valence-electron chi connectivity index (χ0n) is 23.8. The number of carbonyl (C=O) groups excluding carboxylic acids is 2. The van der Waals surface area contributed by atoms with E-state index >= 15 is 0 Å². The van der Waals surface area contributed by atoms with Crippen molar-refractivity contribution in [2.45, 2.75) is 44.2 Å². The molecular weight excluding hydrogens is 534 g/mol. The minimum Gasteiger partial charge on any atom is -0.792 e. The van der Waals surface area contributed by atoms with Crippen LogP contribution in [0.25, 0.3) is 10.9 Å². The third kappa shape index (κ3) is 10.4. The monoisotopic (exact) mass is 579 g/mol. The molecule has 0 aliphatic heterocycles. The zero-order valence-corrected chi connectivity index (χ0v) is 24.7. The second-order valence-electron chi connectivity index (χ2n) is 10.6. The number of rotatable bonds is 18. The zero-order chi connectivity index (χ0) is 29.5. The number of quaternary nitrogens is 1. The first-order chi connectivity index (χ1) is 19.9. The highest BCUT2D eigenvalue weighted by Gasteiger charge is 2.27. The number of nitrogens with one attached hydrogen (secondary N) is 2. The number of benzene rings is 2. The van der Waals surface area contributed by atoms with E-state index in [4.69, 9.17) is 29.8 Å². The molecule has 1 aromatic heterocycles. The summed E-state index contributed by atoms with van der Waals surface area (Å²) in [4.78, 5) is 31.0. The van der Waals surface area contributed by atoms with Crippen molar-refractivity contribution in [1.29, 1.82) is 0 Å². The largest absolute Gasteiger partial charge is 0.792 e. The maximum atomic E-state index is 13.4. The van der Waals surface area contributed by atoms with E-state index in [-0.39, 0.29) is 11.8 Å². The average molecular weight is 580 g/mol. The summed E-state index contributed by atoms with van der Waals surface area (Å²) in [6, 6.07) is 18.0. The van der Waals surface area contributed by atoms with Gasteiger partial charge in [0.1, 0.15) is 6.04 Å². The molecule has 41 heavy (non-hydrogen) atoms. The molecule has 3 rings (SSSR count). The predicted octanol–water partition coefficient (Wildman–Crippen LogP) is 2.07. The SMILES string of the molecule is NCC[N+](CCN)(CCC[S-])CCC[C@H](N)C(=O)N[C@H](CCc1ccccc1)C(=O)Nc1cnc2ccccc2c1. The van der Waals surface area contributed by atoms with Crippen molar-refractivity contribution in [3.63, 3.8) is 0 Å². The molecule has 2 atom stereocenters. The Morgan fingerprint density at radius 1 is 0.878 bits per heavy atom. The lowest BCUT2D eigenvalue weighted by molar-refractivity contribution is -0.925. The number of hydrogen-bond acceptors (Lipinski definition) is 7. The van der Waals surface area contributed by atoms with Gasteiger partial charge >= 0.3 is 0 Å². The Balaban J connectivity index is 1.64. The molecule has 8 N–H and O–H groups in total. The Labute approximate surface area is 249 Å². The maximum Gasteiger partial charge on any atom is 0.247 e. The first-order valence-corrected chi connectivity index (χ1v) is 15.1. The molecule has 1 heterocycles. The van der Waals surface area contributed by atoms with Gasteiger partial charge in [-0.2, -0.15) is 5.75 Å². The van der Waals surface area contributed by atoms with Crippen molar-refractivity contribution >= 4 is 41.0 Å². The number of pyridine rings is 1. The number of para-hydroxylation sites is 1. The fourth-order valence-corrected chi connectivity index (χ4v) is 5.40. The smallest absolute Gasteiger partial charge is 0.247 e. The third-order valence-electron chi connectivity index (χ3n) is 7.52. The van der Waals surface area contributed by atoms with Gasteiger partial charge in [0.15, 0.2) is 0 Å². The minimum absolute atomic E-state index is 0.302. The number of nitrogens with zero attached hydrogens (tertiary/aromatic N) is 2. The van der Waals surface area contributed by atoms with Crippen molar-refractivity contribution in [2.75, 3.05) is 50.3 Å². The number of aromatic nitrogens is 1. The van der Waals surface area contributed by atoms with Crippen LogP contribution in [0.3, 0.4) is 0 Å². The normalized spacial score (nSPS) is 13.1. The van der Waals surface area contributed by atoms with Crippen LogP contribution in [-0.2, 0) is 28.6 Å². The summed E-state index contributed by atoms with van der Waals surface area (Å²) in [6.07, 6.45) is 4.86. The Hall–Kier alpha value is -3.02. The van der Waals surface area contributed by atoms with Gasteiger partial charge in [-0.3, -0.25) is 14.6 Å². The van der Waals surface area contributed by atoms with Crippen LogP contribution in [0.1, 0.15) is 31.2 Å². The molecule has 0 bridgehead atoms. The summed E-state index contributed by atoms with van der Waals surface area (Å²) in [5.41, 5.74) is 20.7. The quantitative estimate of drug-likeness (QED) is 0.114. The molecule has 0 aliphatic rings. The molecule has 222 valence electrons. The van der Waals surface area contributed by atoms with E-state index in [0.29, 0.717) is 43.8 Å². The van der Waals surface area contributed by atoms with E-state index < -0.39 is 12.1 Å². The van der Waals surface area contributed by atoms with Gasteiger partial charge in [-0.1, -0.05) is 48.5 Å². The van der Waals surface area contributed by atoms with Crippen LogP contribution in [0.4, 0.5) is 5.69 Å². The standard InChI is InChI=1S/C31H45N7O2S/c32-15-19-38(20-16-33,18-7-21-41)17-6-11-27(34)30(39)37-29(14-13-24-8-2-1-3-9-24)31(40)36-26-22-25-10-4-5-12-28(25)35-23-26/h1-5,8-10,12,22-23,27,29H,6-7,11,13-21,32-34H2,(H2-,36,37,39,40,41)/t27-,29+/m0/s1. The second kappa shape index (κ2) is 17.1. The van der Waals surface area contributed by atoms with Crippen molar-refractivity contribution in [3.05, 3.63) is 72.4 Å². The summed E-state index contributed by atoms with van der Waals surface area (Å²) in [6.45, 7) is 4.52. The maximum absolute atomic E-state index is 13.4. The van der Waals surface area contributed by atoms with Gasteiger partial charge in [0.25, 0.3) is 0 Å². The van der Waals surface area contributed by atoms with Crippen LogP contribution < -0.4 is 27.8 Å². The number of carbonyl (C=O) groups is 2. The number of fused-ring (bicyclic) bond motifs is 1. The molecule has 3 aromatic rings. The summed E-state index contributed by atoms with van der Waals surface area (Å²) in [7, 11) is 0.